The summed E-state index contributed by atoms with van der Waals surface area (Å²) in [5.41, 5.74) is 4.65. The normalized spacial score (nSPS) is 11.5. The van der Waals surface area contributed by atoms with E-state index in [9.17, 15) is 9.59 Å². The summed E-state index contributed by atoms with van der Waals surface area (Å²) in [6.07, 6.45) is 3.05. The molecule has 9 heteroatoms. The lowest BCUT2D eigenvalue weighted by Crippen LogP contribution is -2.43. The predicted molar refractivity (Wildman–Crippen MR) is 154 cm³/mol. The molecule has 2 heterocycles. The first-order valence-corrected chi connectivity index (χ1v) is 12.6. The van der Waals surface area contributed by atoms with E-state index in [2.05, 4.69) is 15.3 Å². The zero-order valence-electron chi connectivity index (χ0n) is 23.5. The summed E-state index contributed by atoms with van der Waals surface area (Å²) in [6, 6.07) is 15.2. The van der Waals surface area contributed by atoms with Crippen LogP contribution in [0.5, 0.6) is 5.75 Å². The van der Waals surface area contributed by atoms with Gasteiger partial charge in [-0.05, 0) is 57.8 Å². The fraction of sp³-hybridized carbons (Fsp3) is 0.300. The van der Waals surface area contributed by atoms with Gasteiger partial charge < -0.3 is 24.3 Å². The highest BCUT2D eigenvalue weighted by atomic mass is 16.5. The summed E-state index contributed by atoms with van der Waals surface area (Å²) in [4.78, 5) is 37.0. The van der Waals surface area contributed by atoms with Crippen molar-refractivity contribution in [1.29, 1.82) is 0 Å². The Morgan fingerprint density at radius 2 is 1.74 bits per heavy atom. The number of pyridine rings is 1. The minimum Gasteiger partial charge on any atom is -0.496 e. The molecule has 0 spiro atoms. The van der Waals surface area contributed by atoms with Gasteiger partial charge in [-0.25, -0.2) is 9.78 Å². The Balaban J connectivity index is 1.69. The minimum absolute atomic E-state index is 0.192. The Labute approximate surface area is 228 Å². The van der Waals surface area contributed by atoms with E-state index in [-0.39, 0.29) is 18.1 Å². The Kier molecular flexibility index (Phi) is 7.92. The van der Waals surface area contributed by atoms with E-state index >= 15 is 0 Å². The van der Waals surface area contributed by atoms with Gasteiger partial charge in [-0.1, -0.05) is 24.3 Å². The molecule has 0 aliphatic carbocycles. The number of nitrogens with one attached hydrogen (secondary N) is 2. The molecule has 0 bridgehead atoms. The van der Waals surface area contributed by atoms with Gasteiger partial charge in [0.15, 0.2) is 0 Å². The fourth-order valence-electron chi connectivity index (χ4n) is 4.02. The Morgan fingerprint density at radius 1 is 1.00 bits per heavy atom. The number of hydrogen-bond acceptors (Lipinski definition) is 6. The topological polar surface area (TPSA) is 99.8 Å². The molecule has 4 rings (SSSR count). The van der Waals surface area contributed by atoms with E-state index < -0.39 is 6.09 Å². The maximum Gasteiger partial charge on any atom is 0.411 e. The highest BCUT2D eigenvalue weighted by Gasteiger charge is 2.24. The second-order valence-electron chi connectivity index (χ2n) is 10.4. The number of carbonyl (C=O) groups is 2. The molecule has 0 atom stereocenters. The average Bonchev–Trinajstić information content (AvgIpc) is 3.34. The molecular weight excluding hydrogens is 494 g/mol. The fourth-order valence-corrected chi connectivity index (χ4v) is 4.02. The van der Waals surface area contributed by atoms with Crippen molar-refractivity contribution in [3.63, 3.8) is 0 Å². The number of nitrogens with zero attached hydrogens (tertiary/aromatic N) is 3. The van der Waals surface area contributed by atoms with Crippen molar-refractivity contribution in [2.75, 3.05) is 47.2 Å². The van der Waals surface area contributed by atoms with E-state index in [1.807, 2.05) is 75.4 Å². The second kappa shape index (κ2) is 11.2. The van der Waals surface area contributed by atoms with Crippen molar-refractivity contribution >= 4 is 28.7 Å². The molecule has 4 aromatic rings. The molecule has 0 aliphatic heterocycles. The number of H-pyrrole nitrogens is 1. The van der Waals surface area contributed by atoms with Crippen LogP contribution in [0.15, 0.2) is 60.9 Å². The Morgan fingerprint density at radius 3 is 2.44 bits per heavy atom. The number of aromatic nitrogens is 2. The van der Waals surface area contributed by atoms with Crippen molar-refractivity contribution in [2.45, 2.75) is 19.4 Å². The molecular formula is C30H35N5O4. The van der Waals surface area contributed by atoms with Gasteiger partial charge in [0.1, 0.15) is 18.0 Å². The van der Waals surface area contributed by atoms with Crippen molar-refractivity contribution in [1.82, 2.24) is 19.8 Å². The van der Waals surface area contributed by atoms with Gasteiger partial charge >= 0.3 is 6.09 Å². The van der Waals surface area contributed by atoms with Gasteiger partial charge in [-0.3, -0.25) is 10.1 Å². The number of rotatable bonds is 8. The third kappa shape index (κ3) is 5.88. The minimum atomic E-state index is -0.623. The zero-order valence-corrected chi connectivity index (χ0v) is 23.5. The number of anilines is 1. The van der Waals surface area contributed by atoms with Gasteiger partial charge in [0.2, 0.25) is 0 Å². The number of fused-ring (bicyclic) bond motifs is 1. The summed E-state index contributed by atoms with van der Waals surface area (Å²) in [5, 5.41) is 3.67. The van der Waals surface area contributed by atoms with Crippen LogP contribution in [0.1, 0.15) is 24.2 Å². The number of benzene rings is 2. The van der Waals surface area contributed by atoms with Crippen LogP contribution in [0.25, 0.3) is 33.3 Å². The molecule has 2 aromatic heterocycles. The van der Waals surface area contributed by atoms with Crippen LogP contribution in [-0.4, -0.2) is 79.2 Å². The average molecular weight is 530 g/mol. The van der Waals surface area contributed by atoms with Gasteiger partial charge in [0.05, 0.1) is 18.4 Å². The quantitative estimate of drug-likeness (QED) is 0.313. The molecule has 0 saturated heterocycles. The molecule has 204 valence electrons. The zero-order chi connectivity index (χ0) is 28.3. The molecule has 2 aromatic carbocycles. The molecule has 9 nitrogen and oxygen atoms in total. The van der Waals surface area contributed by atoms with Gasteiger partial charge in [0.25, 0.3) is 5.91 Å². The highest BCUT2D eigenvalue weighted by Crippen LogP contribution is 2.36. The van der Waals surface area contributed by atoms with Crippen LogP contribution in [0.3, 0.4) is 0 Å². The molecule has 0 fully saturated rings. The first-order chi connectivity index (χ1) is 18.5. The van der Waals surface area contributed by atoms with E-state index in [0.29, 0.717) is 11.3 Å². The predicted octanol–water partition coefficient (Wildman–Crippen LogP) is 5.50. The van der Waals surface area contributed by atoms with Crippen LogP contribution < -0.4 is 10.1 Å². The lowest BCUT2D eigenvalue weighted by Gasteiger charge is -2.31. The lowest BCUT2D eigenvalue weighted by molar-refractivity contribution is 0.0775. The summed E-state index contributed by atoms with van der Waals surface area (Å²) in [7, 11) is 8.84. The van der Waals surface area contributed by atoms with E-state index in [0.717, 1.165) is 39.0 Å². The number of likely N-dealkylation sites (N-methyl/N-ethyl adjacent to an activating group) is 1. The molecule has 2 N–H and O–H groups in total. The maximum atomic E-state index is 13.1. The number of para-hydroxylation sites is 1. The third-order valence-electron chi connectivity index (χ3n) is 6.92. The highest BCUT2D eigenvalue weighted by molar-refractivity contribution is 6.04. The van der Waals surface area contributed by atoms with Crippen molar-refractivity contribution in [2.24, 2.45) is 0 Å². The summed E-state index contributed by atoms with van der Waals surface area (Å²) < 4.78 is 11.0. The third-order valence-corrected chi connectivity index (χ3v) is 6.92. The Hall–Kier alpha value is -4.37. The first-order valence-electron chi connectivity index (χ1n) is 12.6. The summed E-state index contributed by atoms with van der Waals surface area (Å²) >= 11 is 0. The van der Waals surface area contributed by atoms with Crippen LogP contribution >= 0.6 is 0 Å². The number of amides is 2. The molecule has 0 aliphatic rings. The molecule has 2 amide bonds. The van der Waals surface area contributed by atoms with Crippen LogP contribution in [0.2, 0.25) is 0 Å². The van der Waals surface area contributed by atoms with Crippen LogP contribution in [0.4, 0.5) is 10.5 Å². The smallest absolute Gasteiger partial charge is 0.411 e. The lowest BCUT2D eigenvalue weighted by atomic mass is 9.99. The molecule has 0 unspecified atom stereocenters. The molecule has 0 radical (unpaired) electrons. The van der Waals surface area contributed by atoms with Gasteiger partial charge in [-0.2, -0.15) is 0 Å². The van der Waals surface area contributed by atoms with E-state index in [1.165, 1.54) is 4.90 Å². The number of ether oxygens (including phenoxy) is 2. The van der Waals surface area contributed by atoms with Crippen molar-refractivity contribution < 1.29 is 19.1 Å². The van der Waals surface area contributed by atoms with Gasteiger partial charge in [0, 0.05) is 54.1 Å². The number of hydrogen-bond donors (Lipinski definition) is 2. The summed E-state index contributed by atoms with van der Waals surface area (Å²) in [5.74, 6) is 0.519. The van der Waals surface area contributed by atoms with Crippen molar-refractivity contribution in [3.05, 3.63) is 66.5 Å². The maximum absolute atomic E-state index is 13.1. The number of carbonyl (C=O) groups excluding carboxylic acids is 2. The van der Waals surface area contributed by atoms with Gasteiger partial charge in [-0.15, -0.1) is 0 Å². The standard InChI is InChI=1S/C30H35N5O4/c1-30(2,35(5)6)18-39-29(37)33-25-13-12-19(14-23(25)28(36)34(3)4)20-15-22-24(17-32-27(22)31-16-20)21-10-8-9-11-26(21)38-7/h8-17H,18H2,1-7H3,(H,31,32)(H,33,37). The van der Waals surface area contributed by atoms with E-state index in [1.54, 1.807) is 39.5 Å². The summed E-state index contributed by atoms with van der Waals surface area (Å²) in [6.45, 7) is 4.15. The molecule has 0 saturated carbocycles. The largest absolute Gasteiger partial charge is 0.496 e. The Bertz CT molecular complexity index is 1510. The van der Waals surface area contributed by atoms with Crippen LogP contribution in [-0.2, 0) is 4.74 Å². The number of aromatic amines is 1. The number of methoxy groups -OCH3 is 1. The van der Waals surface area contributed by atoms with Crippen LogP contribution in [0, 0.1) is 0 Å². The first kappa shape index (κ1) is 27.7. The monoisotopic (exact) mass is 529 g/mol. The SMILES string of the molecule is COc1ccccc1-c1c[nH]c2ncc(-c3ccc(NC(=O)OCC(C)(C)N(C)C)c(C(=O)N(C)C)c3)cc12. The molecule has 39 heavy (non-hydrogen) atoms. The second-order valence-corrected chi connectivity index (χ2v) is 10.4. The van der Waals surface area contributed by atoms with E-state index in [4.69, 9.17) is 9.47 Å². The van der Waals surface area contributed by atoms with Crippen molar-refractivity contribution in [3.8, 4) is 28.0 Å².